The number of halogens is 2. The molecule has 1 heterocycles. The van der Waals surface area contributed by atoms with Gasteiger partial charge < -0.3 is 4.90 Å². The fourth-order valence-corrected chi connectivity index (χ4v) is 3.28. The van der Waals surface area contributed by atoms with E-state index in [1.807, 2.05) is 29.2 Å². The number of rotatable bonds is 3. The molecule has 0 radical (unpaired) electrons. The molecule has 1 saturated heterocycles. The minimum Gasteiger partial charge on any atom is -0.342 e. The van der Waals surface area contributed by atoms with Crippen LogP contribution in [0.1, 0.15) is 25.3 Å². The highest BCUT2D eigenvalue weighted by atomic mass is 79.9. The normalized spacial score (nSPS) is 18.4. The molecule has 1 aromatic carbocycles. The molecule has 1 aliphatic heterocycles. The van der Waals surface area contributed by atoms with E-state index in [9.17, 15) is 4.79 Å². The summed E-state index contributed by atoms with van der Waals surface area (Å²) < 4.78 is 0. The van der Waals surface area contributed by atoms with Crippen molar-refractivity contribution in [3.63, 3.8) is 0 Å². The van der Waals surface area contributed by atoms with Crippen molar-refractivity contribution in [1.29, 1.82) is 0 Å². The average Bonchev–Trinajstić information content (AvgIpc) is 2.39. The molecule has 104 valence electrons. The lowest BCUT2D eigenvalue weighted by atomic mass is 9.94. The van der Waals surface area contributed by atoms with Crippen molar-refractivity contribution in [3.8, 4) is 0 Å². The Morgan fingerprint density at radius 3 is 2.74 bits per heavy atom. The number of hydrogen-bond donors (Lipinski definition) is 0. The van der Waals surface area contributed by atoms with Gasteiger partial charge in [-0.25, -0.2) is 0 Å². The van der Waals surface area contributed by atoms with Crippen LogP contribution in [-0.4, -0.2) is 28.7 Å². The Hall–Kier alpha value is -0.540. The summed E-state index contributed by atoms with van der Waals surface area (Å²) in [5, 5.41) is 0.692. The number of carbonyl (C=O) groups excluding carboxylic acids is 1. The first kappa shape index (κ1) is 14.9. The van der Waals surface area contributed by atoms with Crippen molar-refractivity contribution >= 4 is 33.4 Å². The minimum atomic E-state index is 0.211. The predicted octanol–water partition coefficient (Wildman–Crippen LogP) is 3.90. The van der Waals surface area contributed by atoms with E-state index >= 15 is 0 Å². The van der Waals surface area contributed by atoms with Crippen LogP contribution in [0.2, 0.25) is 5.02 Å². The molecule has 0 aliphatic carbocycles. The zero-order valence-electron chi connectivity index (χ0n) is 11.1. The van der Waals surface area contributed by atoms with E-state index < -0.39 is 0 Å². The maximum Gasteiger partial charge on any atom is 0.226 e. The van der Waals surface area contributed by atoms with Crippen LogP contribution < -0.4 is 0 Å². The molecule has 4 heteroatoms. The lowest BCUT2D eigenvalue weighted by molar-refractivity contribution is -0.131. The molecular formula is C15H19BrClNO. The van der Waals surface area contributed by atoms with Crippen LogP contribution >= 0.6 is 27.5 Å². The number of benzene rings is 1. The number of alkyl halides is 1. The summed E-state index contributed by atoms with van der Waals surface area (Å²) in [6.45, 7) is 3.94. The number of likely N-dealkylation sites (tertiary alicyclic amines) is 1. The summed E-state index contributed by atoms with van der Waals surface area (Å²) in [6, 6.07) is 7.55. The maximum atomic E-state index is 12.2. The van der Waals surface area contributed by atoms with E-state index in [1.165, 1.54) is 0 Å². The van der Waals surface area contributed by atoms with Gasteiger partial charge in [-0.3, -0.25) is 4.79 Å². The molecular weight excluding hydrogens is 326 g/mol. The van der Waals surface area contributed by atoms with Crippen LogP contribution in [0.25, 0.3) is 0 Å². The number of piperidine rings is 1. The van der Waals surface area contributed by atoms with Crippen molar-refractivity contribution in [2.24, 2.45) is 5.92 Å². The molecule has 1 unspecified atom stereocenters. The summed E-state index contributed by atoms with van der Waals surface area (Å²) in [6.07, 6.45) is 2.64. The maximum absolute atomic E-state index is 12.2. The highest BCUT2D eigenvalue weighted by molar-refractivity contribution is 9.09. The number of nitrogens with zero attached hydrogens (tertiary/aromatic N) is 1. The van der Waals surface area contributed by atoms with Gasteiger partial charge in [0.1, 0.15) is 0 Å². The van der Waals surface area contributed by atoms with Crippen LogP contribution in [0.4, 0.5) is 0 Å². The Morgan fingerprint density at radius 2 is 2.16 bits per heavy atom. The molecule has 1 aliphatic rings. The summed E-state index contributed by atoms with van der Waals surface area (Å²) in [7, 11) is 0. The zero-order valence-corrected chi connectivity index (χ0v) is 13.5. The Labute approximate surface area is 128 Å². The lowest BCUT2D eigenvalue weighted by Gasteiger charge is -2.33. The van der Waals surface area contributed by atoms with Gasteiger partial charge in [-0.05, 0) is 36.5 Å². The molecule has 0 N–H and O–H groups in total. The molecule has 2 rings (SSSR count). The van der Waals surface area contributed by atoms with E-state index in [4.69, 9.17) is 11.6 Å². The predicted molar refractivity (Wildman–Crippen MR) is 82.8 cm³/mol. The van der Waals surface area contributed by atoms with Crippen LogP contribution in [0, 0.1) is 5.92 Å². The first-order valence-corrected chi connectivity index (χ1v) is 8.02. The van der Waals surface area contributed by atoms with Crippen LogP contribution in [0.3, 0.4) is 0 Å². The first-order valence-electron chi connectivity index (χ1n) is 6.72. The van der Waals surface area contributed by atoms with Gasteiger partial charge in [-0.2, -0.15) is 0 Å². The molecule has 1 atom stereocenters. The second kappa shape index (κ2) is 6.76. The van der Waals surface area contributed by atoms with Crippen molar-refractivity contribution in [2.45, 2.75) is 31.0 Å². The van der Waals surface area contributed by atoms with Crippen LogP contribution in [0.15, 0.2) is 24.3 Å². The second-order valence-electron chi connectivity index (χ2n) is 5.20. The Morgan fingerprint density at radius 1 is 1.47 bits per heavy atom. The number of hydrogen-bond acceptors (Lipinski definition) is 1. The highest BCUT2D eigenvalue weighted by Gasteiger charge is 2.25. The van der Waals surface area contributed by atoms with Gasteiger partial charge in [0.25, 0.3) is 0 Å². The smallest absolute Gasteiger partial charge is 0.226 e. The molecule has 0 spiro atoms. The van der Waals surface area contributed by atoms with E-state index in [-0.39, 0.29) is 5.91 Å². The Balaban J connectivity index is 1.88. The second-order valence-corrected chi connectivity index (χ2v) is 7.08. The SMILES string of the molecule is CC(Br)C1CCN(C(=O)Cc2cccc(Cl)c2)CC1. The lowest BCUT2D eigenvalue weighted by Crippen LogP contribution is -2.40. The molecule has 0 saturated carbocycles. The monoisotopic (exact) mass is 343 g/mol. The standard InChI is InChI=1S/C15H19BrClNO/c1-11(16)13-5-7-18(8-6-13)15(19)10-12-3-2-4-14(17)9-12/h2-4,9,11,13H,5-8,10H2,1H3. The van der Waals surface area contributed by atoms with Gasteiger partial charge in [0, 0.05) is 22.9 Å². The Kier molecular flexibility index (Phi) is 5.28. The molecule has 1 fully saturated rings. The van der Waals surface area contributed by atoms with E-state index in [2.05, 4.69) is 22.9 Å². The number of amides is 1. The van der Waals surface area contributed by atoms with Gasteiger partial charge in [-0.1, -0.05) is 46.6 Å². The third-order valence-electron chi connectivity index (χ3n) is 3.79. The van der Waals surface area contributed by atoms with Crippen LogP contribution in [0.5, 0.6) is 0 Å². The summed E-state index contributed by atoms with van der Waals surface area (Å²) in [5.74, 6) is 0.901. The number of carbonyl (C=O) groups is 1. The van der Waals surface area contributed by atoms with Crippen molar-refractivity contribution in [3.05, 3.63) is 34.9 Å². The molecule has 19 heavy (non-hydrogen) atoms. The molecule has 1 aromatic rings. The van der Waals surface area contributed by atoms with Gasteiger partial charge in [0.05, 0.1) is 6.42 Å². The van der Waals surface area contributed by atoms with Crippen molar-refractivity contribution < 1.29 is 4.79 Å². The summed E-state index contributed by atoms with van der Waals surface area (Å²) in [4.78, 5) is 14.7. The Bertz CT molecular complexity index is 442. The van der Waals surface area contributed by atoms with Crippen molar-refractivity contribution in [1.82, 2.24) is 4.90 Å². The topological polar surface area (TPSA) is 20.3 Å². The quantitative estimate of drug-likeness (QED) is 0.761. The molecule has 1 amide bonds. The fraction of sp³-hybridized carbons (Fsp3) is 0.533. The molecule has 0 bridgehead atoms. The van der Waals surface area contributed by atoms with Gasteiger partial charge >= 0.3 is 0 Å². The third-order valence-corrected chi connectivity index (χ3v) is 4.77. The third kappa shape index (κ3) is 4.22. The highest BCUT2D eigenvalue weighted by Crippen LogP contribution is 2.25. The van der Waals surface area contributed by atoms with Crippen molar-refractivity contribution in [2.75, 3.05) is 13.1 Å². The largest absolute Gasteiger partial charge is 0.342 e. The average molecular weight is 345 g/mol. The summed E-state index contributed by atoms with van der Waals surface area (Å²) in [5.41, 5.74) is 0.994. The first-order chi connectivity index (χ1) is 9.06. The summed E-state index contributed by atoms with van der Waals surface area (Å²) >= 11 is 9.57. The van der Waals surface area contributed by atoms with Gasteiger partial charge in [-0.15, -0.1) is 0 Å². The van der Waals surface area contributed by atoms with E-state index in [1.54, 1.807) is 0 Å². The molecule has 2 nitrogen and oxygen atoms in total. The van der Waals surface area contributed by atoms with Gasteiger partial charge in [0.2, 0.25) is 5.91 Å². The minimum absolute atomic E-state index is 0.211. The van der Waals surface area contributed by atoms with Gasteiger partial charge in [0.15, 0.2) is 0 Å². The van der Waals surface area contributed by atoms with E-state index in [0.29, 0.717) is 22.2 Å². The molecule has 0 aromatic heterocycles. The van der Waals surface area contributed by atoms with E-state index in [0.717, 1.165) is 31.5 Å². The zero-order chi connectivity index (χ0) is 13.8. The fourth-order valence-electron chi connectivity index (χ4n) is 2.54. The van der Waals surface area contributed by atoms with Crippen LogP contribution in [-0.2, 0) is 11.2 Å².